The Balaban J connectivity index is 1.65. The Hall–Kier alpha value is -3.73. The molecule has 144 valence electrons. The van der Waals surface area contributed by atoms with Gasteiger partial charge in [-0.2, -0.15) is 0 Å². The summed E-state index contributed by atoms with van der Waals surface area (Å²) < 4.78 is 0. The van der Waals surface area contributed by atoms with Crippen LogP contribution in [0.25, 0.3) is 0 Å². The third-order valence-electron chi connectivity index (χ3n) is 5.12. The Labute approximate surface area is 169 Å². The molecule has 1 aliphatic heterocycles. The van der Waals surface area contributed by atoms with E-state index in [0.29, 0.717) is 24.1 Å². The summed E-state index contributed by atoms with van der Waals surface area (Å²) >= 11 is 0. The zero-order valence-electron chi connectivity index (χ0n) is 16.0. The van der Waals surface area contributed by atoms with E-state index in [1.807, 2.05) is 60.7 Å². The monoisotopic (exact) mass is 384 g/mol. The molecule has 4 rings (SSSR count). The number of anilines is 1. The number of para-hydroxylation sites is 1. The number of hydrogen-bond donors (Lipinski definition) is 0. The van der Waals surface area contributed by atoms with E-state index in [-0.39, 0.29) is 23.3 Å². The summed E-state index contributed by atoms with van der Waals surface area (Å²) in [5.41, 5.74) is 2.92. The van der Waals surface area contributed by atoms with E-state index >= 15 is 0 Å². The molecular weight excluding hydrogens is 364 g/mol. The van der Waals surface area contributed by atoms with Crippen LogP contribution < -0.4 is 4.90 Å². The van der Waals surface area contributed by atoms with Crippen LogP contribution in [0.1, 0.15) is 36.6 Å². The van der Waals surface area contributed by atoms with Gasteiger partial charge in [0, 0.05) is 24.8 Å². The average Bonchev–Trinajstić information content (AvgIpc) is 2.99. The number of amides is 3. The van der Waals surface area contributed by atoms with Crippen LogP contribution in [0.4, 0.5) is 5.69 Å². The number of nitrogens with zero attached hydrogens (tertiary/aromatic N) is 2. The molecule has 0 unspecified atom stereocenters. The van der Waals surface area contributed by atoms with Crippen molar-refractivity contribution in [1.29, 1.82) is 0 Å². The van der Waals surface area contributed by atoms with Crippen LogP contribution in [0.15, 0.2) is 78.9 Å². The lowest BCUT2D eigenvalue weighted by Crippen LogP contribution is -2.33. The minimum absolute atomic E-state index is 0.204. The van der Waals surface area contributed by atoms with Gasteiger partial charge >= 0.3 is 0 Å². The standard InChI is InChI=1S/C24H20N2O3/c1-25-23(28)20-13-12-18(16-21(20)24(25)29)22(27)26(19-10-6-3-7-11-19)15-14-17-8-4-2-5-9-17/h2-13,16H,14-15H2,1H3. The molecule has 29 heavy (non-hydrogen) atoms. The second kappa shape index (κ2) is 7.72. The predicted molar refractivity (Wildman–Crippen MR) is 111 cm³/mol. The van der Waals surface area contributed by atoms with Gasteiger partial charge in [-0.3, -0.25) is 19.3 Å². The van der Waals surface area contributed by atoms with Gasteiger partial charge in [-0.15, -0.1) is 0 Å². The lowest BCUT2D eigenvalue weighted by atomic mass is 10.0. The van der Waals surface area contributed by atoms with Gasteiger partial charge in [0.15, 0.2) is 0 Å². The van der Waals surface area contributed by atoms with Crippen molar-refractivity contribution in [3.8, 4) is 0 Å². The Bertz CT molecular complexity index is 1080. The largest absolute Gasteiger partial charge is 0.308 e. The Morgan fingerprint density at radius 2 is 1.45 bits per heavy atom. The minimum atomic E-state index is -0.379. The number of fused-ring (bicyclic) bond motifs is 1. The predicted octanol–water partition coefficient (Wildman–Crippen LogP) is 3.80. The van der Waals surface area contributed by atoms with Crippen molar-refractivity contribution in [2.75, 3.05) is 18.5 Å². The van der Waals surface area contributed by atoms with Crippen molar-refractivity contribution in [2.45, 2.75) is 6.42 Å². The first kappa shape index (κ1) is 18.6. The molecule has 0 N–H and O–H groups in total. The van der Waals surface area contributed by atoms with Crippen molar-refractivity contribution in [2.24, 2.45) is 0 Å². The van der Waals surface area contributed by atoms with Gasteiger partial charge in [0.2, 0.25) is 0 Å². The topological polar surface area (TPSA) is 57.7 Å². The second-order valence-corrected chi connectivity index (χ2v) is 6.96. The van der Waals surface area contributed by atoms with Crippen LogP contribution in [0.2, 0.25) is 0 Å². The number of benzene rings is 3. The summed E-state index contributed by atoms with van der Waals surface area (Å²) in [7, 11) is 1.45. The molecule has 0 saturated heterocycles. The number of carbonyl (C=O) groups is 3. The molecule has 0 saturated carbocycles. The van der Waals surface area contributed by atoms with Crippen LogP contribution in [0.5, 0.6) is 0 Å². The fourth-order valence-electron chi connectivity index (χ4n) is 3.49. The number of carbonyl (C=O) groups excluding carboxylic acids is 3. The molecule has 0 atom stereocenters. The molecule has 0 aliphatic carbocycles. The van der Waals surface area contributed by atoms with Crippen LogP contribution in [0, 0.1) is 0 Å². The van der Waals surface area contributed by atoms with Crippen LogP contribution in [-0.2, 0) is 6.42 Å². The quantitative estimate of drug-likeness (QED) is 0.629. The van der Waals surface area contributed by atoms with E-state index in [2.05, 4.69) is 0 Å². The van der Waals surface area contributed by atoms with Crippen molar-refractivity contribution in [3.63, 3.8) is 0 Å². The molecule has 1 heterocycles. The normalized spacial score (nSPS) is 12.8. The lowest BCUT2D eigenvalue weighted by molar-refractivity contribution is 0.0693. The molecule has 0 fully saturated rings. The fraction of sp³-hybridized carbons (Fsp3) is 0.125. The Kier molecular flexibility index (Phi) is 4.96. The van der Waals surface area contributed by atoms with E-state index in [1.54, 1.807) is 17.0 Å². The molecule has 3 amide bonds. The van der Waals surface area contributed by atoms with Crippen LogP contribution in [-0.4, -0.2) is 36.2 Å². The van der Waals surface area contributed by atoms with E-state index in [4.69, 9.17) is 0 Å². The molecular formula is C24H20N2O3. The highest BCUT2D eigenvalue weighted by molar-refractivity contribution is 6.22. The summed E-state index contributed by atoms with van der Waals surface area (Å²) in [5, 5.41) is 0. The fourth-order valence-corrected chi connectivity index (χ4v) is 3.49. The molecule has 5 heteroatoms. The SMILES string of the molecule is CN1C(=O)c2ccc(C(=O)N(CCc3ccccc3)c3ccccc3)cc2C1=O. The first-order valence-corrected chi connectivity index (χ1v) is 9.43. The van der Waals surface area contributed by atoms with E-state index in [9.17, 15) is 14.4 Å². The Morgan fingerprint density at radius 3 is 2.14 bits per heavy atom. The molecule has 0 spiro atoms. The highest BCUT2D eigenvalue weighted by Gasteiger charge is 2.33. The maximum absolute atomic E-state index is 13.4. The van der Waals surface area contributed by atoms with Crippen LogP contribution in [0.3, 0.4) is 0 Å². The third kappa shape index (κ3) is 3.55. The third-order valence-corrected chi connectivity index (χ3v) is 5.12. The van der Waals surface area contributed by atoms with Gasteiger partial charge in [-0.1, -0.05) is 48.5 Å². The van der Waals surface area contributed by atoms with E-state index in [0.717, 1.165) is 16.2 Å². The highest BCUT2D eigenvalue weighted by atomic mass is 16.2. The molecule has 0 bridgehead atoms. The van der Waals surface area contributed by atoms with E-state index in [1.165, 1.54) is 13.1 Å². The van der Waals surface area contributed by atoms with Crippen molar-refractivity contribution in [1.82, 2.24) is 4.90 Å². The van der Waals surface area contributed by atoms with Crippen molar-refractivity contribution in [3.05, 3.63) is 101 Å². The summed E-state index contributed by atoms with van der Waals surface area (Å²) in [6.07, 6.45) is 0.701. The van der Waals surface area contributed by atoms with Crippen molar-refractivity contribution < 1.29 is 14.4 Å². The van der Waals surface area contributed by atoms with Crippen LogP contribution >= 0.6 is 0 Å². The first-order chi connectivity index (χ1) is 14.1. The maximum atomic E-state index is 13.4. The molecule has 0 aromatic heterocycles. The molecule has 3 aromatic rings. The molecule has 0 radical (unpaired) electrons. The summed E-state index contributed by atoms with van der Waals surface area (Å²) in [5.74, 6) is -0.923. The Morgan fingerprint density at radius 1 is 0.828 bits per heavy atom. The second-order valence-electron chi connectivity index (χ2n) is 6.96. The summed E-state index contributed by atoms with van der Waals surface area (Å²) in [6, 6.07) is 24.1. The van der Waals surface area contributed by atoms with Gasteiger partial charge in [0.05, 0.1) is 11.1 Å². The number of imide groups is 1. The molecule has 1 aliphatic rings. The number of hydrogen-bond acceptors (Lipinski definition) is 3. The molecule has 3 aromatic carbocycles. The first-order valence-electron chi connectivity index (χ1n) is 9.43. The summed E-state index contributed by atoms with van der Waals surface area (Å²) in [4.78, 5) is 40.6. The lowest BCUT2D eigenvalue weighted by Gasteiger charge is -2.23. The van der Waals surface area contributed by atoms with Crippen molar-refractivity contribution >= 4 is 23.4 Å². The average molecular weight is 384 g/mol. The highest BCUT2D eigenvalue weighted by Crippen LogP contribution is 2.25. The number of rotatable bonds is 5. The van der Waals surface area contributed by atoms with Gasteiger partial charge in [0.1, 0.15) is 0 Å². The molecule has 5 nitrogen and oxygen atoms in total. The maximum Gasteiger partial charge on any atom is 0.261 e. The zero-order valence-corrected chi connectivity index (χ0v) is 16.0. The van der Waals surface area contributed by atoms with Gasteiger partial charge in [0.25, 0.3) is 17.7 Å². The smallest absolute Gasteiger partial charge is 0.261 e. The van der Waals surface area contributed by atoms with Gasteiger partial charge in [-0.25, -0.2) is 0 Å². The van der Waals surface area contributed by atoms with Gasteiger partial charge < -0.3 is 4.90 Å². The van der Waals surface area contributed by atoms with E-state index < -0.39 is 0 Å². The zero-order chi connectivity index (χ0) is 20.4. The minimum Gasteiger partial charge on any atom is -0.308 e. The summed E-state index contributed by atoms with van der Waals surface area (Å²) in [6.45, 7) is 0.497. The van der Waals surface area contributed by atoms with Gasteiger partial charge in [-0.05, 0) is 42.3 Å².